The third-order valence-corrected chi connectivity index (χ3v) is 2.99. The molecule has 0 atom stereocenters. The minimum atomic E-state index is -0.132. The molecular weight excluding hydrogens is 264 g/mol. The zero-order chi connectivity index (χ0) is 15.2. The summed E-state index contributed by atoms with van der Waals surface area (Å²) in [4.78, 5) is 14.0. The monoisotopic (exact) mass is 281 g/mol. The lowest BCUT2D eigenvalue weighted by Crippen LogP contribution is -2.39. The second-order valence-electron chi connectivity index (χ2n) is 4.86. The zero-order valence-corrected chi connectivity index (χ0v) is 12.1. The van der Waals surface area contributed by atoms with E-state index >= 15 is 0 Å². The zero-order valence-electron chi connectivity index (χ0n) is 12.1. The Labute approximate surface area is 124 Å². The number of amides is 1. The number of hydrogen-bond acceptors (Lipinski definition) is 3. The fourth-order valence-electron chi connectivity index (χ4n) is 1.89. The first-order valence-corrected chi connectivity index (χ1v) is 6.55. The summed E-state index contributed by atoms with van der Waals surface area (Å²) in [5.41, 5.74) is 2.23. The van der Waals surface area contributed by atoms with E-state index in [0.717, 1.165) is 5.69 Å². The van der Waals surface area contributed by atoms with Crippen molar-refractivity contribution in [1.29, 1.82) is 5.26 Å². The molecule has 5 heteroatoms. The van der Waals surface area contributed by atoms with Gasteiger partial charge in [-0.2, -0.15) is 9.83 Å². The highest BCUT2D eigenvalue weighted by molar-refractivity contribution is 5.89. The Morgan fingerprint density at radius 1 is 1.29 bits per heavy atom. The molecule has 1 aromatic heterocycles. The van der Waals surface area contributed by atoms with E-state index in [4.69, 9.17) is 5.26 Å². The summed E-state index contributed by atoms with van der Waals surface area (Å²) in [6.07, 6.45) is 3.72. The Morgan fingerprint density at radius 2 is 2.00 bits per heavy atom. The number of carbonyl (C=O) groups is 1. The van der Waals surface area contributed by atoms with Gasteiger partial charge in [-0.15, -0.1) is 0 Å². The minimum absolute atomic E-state index is 0.132. The summed E-state index contributed by atoms with van der Waals surface area (Å²) in [6.45, 7) is 0.227. The molecule has 5 nitrogen and oxygen atoms in total. The summed E-state index contributed by atoms with van der Waals surface area (Å²) < 4.78 is 1.80. The SMILES string of the molecule is CN(C)c1cc[n+](CC(=O)Nc2cccc(C#N)c2)cc1. The van der Waals surface area contributed by atoms with Gasteiger partial charge in [-0.05, 0) is 18.2 Å². The van der Waals surface area contributed by atoms with Crippen molar-refractivity contribution in [3.8, 4) is 6.07 Å². The number of benzene rings is 1. The van der Waals surface area contributed by atoms with Crippen molar-refractivity contribution in [2.45, 2.75) is 6.54 Å². The predicted octanol–water partition coefficient (Wildman–Crippen LogP) is 1.55. The molecule has 21 heavy (non-hydrogen) atoms. The van der Waals surface area contributed by atoms with E-state index in [9.17, 15) is 4.79 Å². The Bertz CT molecular complexity index is 671. The molecule has 0 aliphatic heterocycles. The lowest BCUT2D eigenvalue weighted by Gasteiger charge is -2.10. The van der Waals surface area contributed by atoms with Crippen LogP contribution in [0.25, 0.3) is 0 Å². The van der Waals surface area contributed by atoms with Crippen molar-refractivity contribution >= 4 is 17.3 Å². The maximum Gasteiger partial charge on any atom is 0.290 e. The Kier molecular flexibility index (Phi) is 4.52. The largest absolute Gasteiger partial charge is 0.377 e. The lowest BCUT2D eigenvalue weighted by molar-refractivity contribution is -0.684. The van der Waals surface area contributed by atoms with Crippen LogP contribution in [0.1, 0.15) is 5.56 Å². The number of nitriles is 1. The molecular formula is C16H17N4O+. The number of anilines is 2. The molecule has 2 rings (SSSR count). The average molecular weight is 281 g/mol. The van der Waals surface area contributed by atoms with Gasteiger partial charge in [-0.25, -0.2) is 0 Å². The molecule has 0 saturated heterocycles. The van der Waals surface area contributed by atoms with Crippen LogP contribution in [0.4, 0.5) is 11.4 Å². The first kappa shape index (κ1) is 14.5. The third kappa shape index (κ3) is 4.05. The van der Waals surface area contributed by atoms with Crippen molar-refractivity contribution in [1.82, 2.24) is 0 Å². The first-order chi connectivity index (χ1) is 10.1. The average Bonchev–Trinajstić information content (AvgIpc) is 2.47. The molecule has 0 fully saturated rings. The van der Waals surface area contributed by atoms with Gasteiger partial charge < -0.3 is 10.2 Å². The van der Waals surface area contributed by atoms with Gasteiger partial charge in [0.1, 0.15) is 0 Å². The second kappa shape index (κ2) is 6.53. The molecule has 2 aromatic rings. The van der Waals surface area contributed by atoms with Gasteiger partial charge in [-0.3, -0.25) is 4.79 Å². The van der Waals surface area contributed by atoms with Crippen molar-refractivity contribution in [2.24, 2.45) is 0 Å². The smallest absolute Gasteiger partial charge is 0.290 e. The van der Waals surface area contributed by atoms with Crippen LogP contribution in [-0.2, 0) is 11.3 Å². The Morgan fingerprint density at radius 3 is 2.62 bits per heavy atom. The van der Waals surface area contributed by atoms with Crippen molar-refractivity contribution < 1.29 is 9.36 Å². The number of nitrogens with zero attached hydrogens (tertiary/aromatic N) is 3. The van der Waals surface area contributed by atoms with Crippen molar-refractivity contribution in [2.75, 3.05) is 24.3 Å². The summed E-state index contributed by atoms with van der Waals surface area (Å²) >= 11 is 0. The predicted molar refractivity (Wildman–Crippen MR) is 80.8 cm³/mol. The highest BCUT2D eigenvalue weighted by Gasteiger charge is 2.10. The van der Waals surface area contributed by atoms with Gasteiger partial charge in [0.05, 0.1) is 11.6 Å². The summed E-state index contributed by atoms with van der Waals surface area (Å²) in [6, 6.07) is 12.8. The molecule has 1 heterocycles. The number of aromatic nitrogens is 1. The van der Waals surface area contributed by atoms with Gasteiger partial charge in [0.25, 0.3) is 5.91 Å². The quantitative estimate of drug-likeness (QED) is 0.865. The van der Waals surface area contributed by atoms with Crippen LogP contribution in [0.5, 0.6) is 0 Å². The molecule has 0 radical (unpaired) electrons. The Balaban J connectivity index is 1.99. The molecule has 0 aliphatic rings. The second-order valence-corrected chi connectivity index (χ2v) is 4.86. The van der Waals surface area contributed by atoms with E-state index in [-0.39, 0.29) is 12.5 Å². The number of nitrogens with one attached hydrogen (secondary N) is 1. The molecule has 0 unspecified atom stereocenters. The lowest BCUT2D eigenvalue weighted by atomic mass is 10.2. The van der Waals surface area contributed by atoms with Gasteiger partial charge in [0, 0.05) is 37.6 Å². The highest BCUT2D eigenvalue weighted by Crippen LogP contribution is 2.09. The van der Waals surface area contributed by atoms with E-state index in [1.807, 2.05) is 49.6 Å². The van der Waals surface area contributed by atoms with Crippen LogP contribution in [0.3, 0.4) is 0 Å². The van der Waals surface area contributed by atoms with E-state index in [2.05, 4.69) is 5.32 Å². The van der Waals surface area contributed by atoms with E-state index < -0.39 is 0 Å². The topological polar surface area (TPSA) is 60.0 Å². The molecule has 106 valence electrons. The van der Waals surface area contributed by atoms with Gasteiger partial charge >= 0.3 is 0 Å². The number of rotatable bonds is 4. The van der Waals surface area contributed by atoms with Gasteiger partial charge in [-0.1, -0.05) is 6.07 Å². The van der Waals surface area contributed by atoms with E-state index in [1.54, 1.807) is 28.8 Å². The van der Waals surface area contributed by atoms with Gasteiger partial charge in [0.2, 0.25) is 6.54 Å². The molecule has 0 bridgehead atoms. The van der Waals surface area contributed by atoms with Gasteiger partial charge in [0.15, 0.2) is 12.4 Å². The maximum atomic E-state index is 12.0. The van der Waals surface area contributed by atoms with Crippen LogP contribution < -0.4 is 14.8 Å². The molecule has 1 aromatic carbocycles. The van der Waals surface area contributed by atoms with E-state index in [0.29, 0.717) is 11.3 Å². The van der Waals surface area contributed by atoms with Crippen molar-refractivity contribution in [3.05, 3.63) is 54.4 Å². The number of hydrogen-bond donors (Lipinski definition) is 1. The molecule has 1 N–H and O–H groups in total. The van der Waals surface area contributed by atoms with Crippen LogP contribution in [0, 0.1) is 11.3 Å². The standard InChI is InChI=1S/C16H16N4O/c1-19(2)15-6-8-20(9-7-15)12-16(21)18-14-5-3-4-13(10-14)11-17/h3-10H,12H2,1-2H3/p+1. The number of carbonyl (C=O) groups excluding carboxylic acids is 1. The van der Waals surface area contributed by atoms with Crippen LogP contribution in [0.15, 0.2) is 48.8 Å². The van der Waals surface area contributed by atoms with Crippen LogP contribution in [0.2, 0.25) is 0 Å². The molecule has 0 aliphatic carbocycles. The maximum absolute atomic E-state index is 12.0. The normalized spacial score (nSPS) is 9.76. The third-order valence-electron chi connectivity index (χ3n) is 2.99. The van der Waals surface area contributed by atoms with E-state index in [1.165, 1.54) is 0 Å². The molecule has 0 spiro atoms. The molecule has 0 saturated carbocycles. The Hall–Kier alpha value is -2.87. The van der Waals surface area contributed by atoms with Crippen LogP contribution in [-0.4, -0.2) is 20.0 Å². The summed E-state index contributed by atoms with van der Waals surface area (Å²) in [5.74, 6) is -0.132. The fourth-order valence-corrected chi connectivity index (χ4v) is 1.89. The van der Waals surface area contributed by atoms with Crippen LogP contribution >= 0.6 is 0 Å². The number of pyridine rings is 1. The highest BCUT2D eigenvalue weighted by atomic mass is 16.1. The summed E-state index contributed by atoms with van der Waals surface area (Å²) in [7, 11) is 3.93. The summed E-state index contributed by atoms with van der Waals surface area (Å²) in [5, 5.41) is 11.6. The first-order valence-electron chi connectivity index (χ1n) is 6.55. The molecule has 1 amide bonds. The van der Waals surface area contributed by atoms with Crippen molar-refractivity contribution in [3.63, 3.8) is 0 Å². The fraction of sp³-hybridized carbons (Fsp3) is 0.188. The minimum Gasteiger partial charge on any atom is -0.377 e.